The first kappa shape index (κ1) is 11.4. The molecule has 0 unspecified atom stereocenters. The minimum absolute atomic E-state index is 0.100. The van der Waals surface area contributed by atoms with Gasteiger partial charge in [0.15, 0.2) is 0 Å². The van der Waals surface area contributed by atoms with Gasteiger partial charge in [0, 0.05) is 6.07 Å². The molecule has 88 valence electrons. The maximum absolute atomic E-state index is 12.9. The monoisotopic (exact) mass is 239 g/mol. The molecule has 0 spiro atoms. The number of aromatic nitrogens is 1. The molecular formula is C12H8F3NO. The van der Waals surface area contributed by atoms with Crippen LogP contribution in [0.2, 0.25) is 0 Å². The lowest BCUT2D eigenvalue weighted by molar-refractivity contribution is -0.0683. The van der Waals surface area contributed by atoms with E-state index < -0.39 is 11.7 Å². The molecule has 0 saturated heterocycles. The van der Waals surface area contributed by atoms with Crippen LogP contribution in [0.15, 0.2) is 47.2 Å². The van der Waals surface area contributed by atoms with Crippen molar-refractivity contribution in [2.75, 3.05) is 0 Å². The van der Waals surface area contributed by atoms with Gasteiger partial charge in [-0.3, -0.25) is 0 Å². The van der Waals surface area contributed by atoms with Crippen LogP contribution in [-0.4, -0.2) is 11.3 Å². The fourth-order valence-electron chi connectivity index (χ4n) is 1.39. The lowest BCUT2D eigenvalue weighted by Crippen LogP contribution is -2.10. The molecule has 0 amide bonds. The van der Waals surface area contributed by atoms with E-state index in [9.17, 15) is 13.2 Å². The summed E-state index contributed by atoms with van der Waals surface area (Å²) in [6.45, 7) is 0. The Hall–Kier alpha value is -2.04. The number of halogens is 3. The zero-order valence-electron chi connectivity index (χ0n) is 8.61. The molecule has 0 radical (unpaired) electrons. The molecule has 0 fully saturated rings. The third-order valence-corrected chi connectivity index (χ3v) is 2.14. The van der Waals surface area contributed by atoms with Gasteiger partial charge in [0.1, 0.15) is 12.0 Å². The van der Waals surface area contributed by atoms with Crippen molar-refractivity contribution in [2.24, 2.45) is 0 Å². The van der Waals surface area contributed by atoms with E-state index in [1.165, 1.54) is 24.5 Å². The average molecular weight is 239 g/mol. The van der Waals surface area contributed by atoms with Crippen LogP contribution in [0.5, 0.6) is 0 Å². The van der Waals surface area contributed by atoms with Gasteiger partial charge in [0.05, 0.1) is 5.57 Å². The molecule has 0 N–H and O–H groups in total. The summed E-state index contributed by atoms with van der Waals surface area (Å²) >= 11 is 0. The lowest BCUT2D eigenvalue weighted by atomic mass is 10.0. The minimum Gasteiger partial charge on any atom is -0.364 e. The molecule has 0 atom stereocenters. The predicted molar refractivity (Wildman–Crippen MR) is 56.9 cm³/mol. The summed E-state index contributed by atoms with van der Waals surface area (Å²) in [5.41, 5.74) is -0.504. The topological polar surface area (TPSA) is 26.0 Å². The Morgan fingerprint density at radius 1 is 1.12 bits per heavy atom. The number of alkyl halides is 3. The fraction of sp³-hybridized carbons (Fsp3) is 0.0833. The Balaban J connectivity index is 2.47. The molecule has 5 heteroatoms. The Bertz CT molecular complexity index is 500. The molecule has 0 bridgehead atoms. The zero-order chi connectivity index (χ0) is 12.3. The first-order valence-corrected chi connectivity index (χ1v) is 4.82. The third-order valence-electron chi connectivity index (χ3n) is 2.14. The van der Waals surface area contributed by atoms with Crippen molar-refractivity contribution in [3.05, 3.63) is 53.9 Å². The maximum Gasteiger partial charge on any atom is 0.417 e. The Morgan fingerprint density at radius 2 is 1.82 bits per heavy atom. The van der Waals surface area contributed by atoms with Crippen molar-refractivity contribution in [2.45, 2.75) is 6.18 Å². The van der Waals surface area contributed by atoms with Crippen molar-refractivity contribution >= 4 is 11.6 Å². The van der Waals surface area contributed by atoms with Crippen LogP contribution in [0, 0.1) is 0 Å². The highest BCUT2D eigenvalue weighted by Gasteiger charge is 2.34. The molecule has 0 aliphatic heterocycles. The number of allylic oxidation sites excluding steroid dienone is 1. The SMILES string of the molecule is FC(F)(F)C(=Cc1ccon1)c1ccccc1. The van der Waals surface area contributed by atoms with Crippen LogP contribution >= 0.6 is 0 Å². The van der Waals surface area contributed by atoms with E-state index in [0.717, 1.165) is 6.08 Å². The molecule has 0 aliphatic rings. The van der Waals surface area contributed by atoms with E-state index in [1.807, 2.05) is 0 Å². The van der Waals surface area contributed by atoms with Crippen LogP contribution in [0.25, 0.3) is 11.6 Å². The highest BCUT2D eigenvalue weighted by Crippen LogP contribution is 2.34. The molecule has 0 aliphatic carbocycles. The summed E-state index contributed by atoms with van der Waals surface area (Å²) < 4.78 is 43.1. The van der Waals surface area contributed by atoms with E-state index in [4.69, 9.17) is 0 Å². The molecule has 0 saturated carbocycles. The molecule has 1 aromatic carbocycles. The van der Waals surface area contributed by atoms with Crippen molar-refractivity contribution < 1.29 is 17.7 Å². The van der Waals surface area contributed by atoms with Gasteiger partial charge in [0.25, 0.3) is 0 Å². The van der Waals surface area contributed by atoms with Gasteiger partial charge in [-0.15, -0.1) is 0 Å². The molecule has 1 aromatic heterocycles. The first-order chi connectivity index (χ1) is 8.07. The van der Waals surface area contributed by atoms with E-state index in [2.05, 4.69) is 9.68 Å². The van der Waals surface area contributed by atoms with Crippen molar-refractivity contribution in [1.29, 1.82) is 0 Å². The van der Waals surface area contributed by atoms with Crippen LogP contribution < -0.4 is 0 Å². The summed E-state index contributed by atoms with van der Waals surface area (Å²) in [6.07, 6.45) is -2.25. The van der Waals surface area contributed by atoms with E-state index >= 15 is 0 Å². The number of hydrogen-bond acceptors (Lipinski definition) is 2. The second-order valence-electron chi connectivity index (χ2n) is 3.35. The van der Waals surface area contributed by atoms with Gasteiger partial charge < -0.3 is 4.52 Å². The van der Waals surface area contributed by atoms with Gasteiger partial charge in [-0.25, -0.2) is 0 Å². The summed E-state index contributed by atoms with van der Waals surface area (Å²) in [5.74, 6) is 0. The van der Waals surface area contributed by atoms with Crippen LogP contribution in [0.1, 0.15) is 11.3 Å². The minimum atomic E-state index is -4.43. The van der Waals surface area contributed by atoms with Gasteiger partial charge in [0.2, 0.25) is 0 Å². The smallest absolute Gasteiger partial charge is 0.364 e. The van der Waals surface area contributed by atoms with Crippen LogP contribution in [0.3, 0.4) is 0 Å². The molecule has 2 nitrogen and oxygen atoms in total. The average Bonchev–Trinajstić information content (AvgIpc) is 2.78. The molecule has 17 heavy (non-hydrogen) atoms. The van der Waals surface area contributed by atoms with Crippen LogP contribution in [0.4, 0.5) is 13.2 Å². The van der Waals surface area contributed by atoms with E-state index in [-0.39, 0.29) is 11.3 Å². The Labute approximate surface area is 95.4 Å². The summed E-state index contributed by atoms with van der Waals surface area (Å²) in [7, 11) is 0. The molecule has 1 heterocycles. The second kappa shape index (κ2) is 4.45. The lowest BCUT2D eigenvalue weighted by Gasteiger charge is -2.11. The van der Waals surface area contributed by atoms with E-state index in [0.29, 0.717) is 0 Å². The summed E-state index contributed by atoms with van der Waals surface area (Å²) in [6, 6.07) is 8.94. The molecule has 2 aromatic rings. The summed E-state index contributed by atoms with van der Waals surface area (Å²) in [4.78, 5) is 0. The van der Waals surface area contributed by atoms with Crippen molar-refractivity contribution in [3.8, 4) is 0 Å². The predicted octanol–water partition coefficient (Wildman–Crippen LogP) is 3.78. The highest BCUT2D eigenvalue weighted by molar-refractivity contribution is 5.83. The normalized spacial score (nSPS) is 12.8. The van der Waals surface area contributed by atoms with Gasteiger partial charge >= 0.3 is 6.18 Å². The van der Waals surface area contributed by atoms with Gasteiger partial charge in [-0.1, -0.05) is 35.5 Å². The largest absolute Gasteiger partial charge is 0.417 e. The van der Waals surface area contributed by atoms with Crippen LogP contribution in [-0.2, 0) is 0 Å². The Kier molecular flexibility index (Phi) is 2.99. The zero-order valence-corrected chi connectivity index (χ0v) is 8.61. The first-order valence-electron chi connectivity index (χ1n) is 4.82. The maximum atomic E-state index is 12.9. The second-order valence-corrected chi connectivity index (χ2v) is 3.35. The number of rotatable bonds is 2. The standard InChI is InChI=1S/C12H8F3NO/c13-12(14,15)11(8-10-6-7-17-16-10)9-4-2-1-3-5-9/h1-8H. The number of nitrogens with zero attached hydrogens (tertiary/aromatic N) is 1. The Morgan fingerprint density at radius 3 is 2.35 bits per heavy atom. The summed E-state index contributed by atoms with van der Waals surface area (Å²) in [5, 5.41) is 3.44. The third kappa shape index (κ3) is 2.75. The van der Waals surface area contributed by atoms with Gasteiger partial charge in [-0.05, 0) is 11.6 Å². The van der Waals surface area contributed by atoms with Crippen molar-refractivity contribution in [3.63, 3.8) is 0 Å². The highest BCUT2D eigenvalue weighted by atomic mass is 19.4. The van der Waals surface area contributed by atoms with Crippen molar-refractivity contribution in [1.82, 2.24) is 5.16 Å². The van der Waals surface area contributed by atoms with E-state index in [1.54, 1.807) is 18.2 Å². The molecular weight excluding hydrogens is 231 g/mol. The number of benzene rings is 1. The van der Waals surface area contributed by atoms with Gasteiger partial charge in [-0.2, -0.15) is 13.2 Å². The molecule has 2 rings (SSSR count). The quantitative estimate of drug-likeness (QED) is 0.797. The fourth-order valence-corrected chi connectivity index (χ4v) is 1.39. The number of hydrogen-bond donors (Lipinski definition) is 0.